The molecule has 2 N–H and O–H groups in total. The molecule has 0 bridgehead atoms. The third kappa shape index (κ3) is 4.46. The molecule has 1 saturated carbocycles. The quantitative estimate of drug-likeness (QED) is 0.754. The molecule has 4 heteroatoms. The number of nitrogens with one attached hydrogen (secondary N) is 2. The Kier molecular flexibility index (Phi) is 4.76. The van der Waals surface area contributed by atoms with E-state index in [2.05, 4.69) is 39.8 Å². The van der Waals surface area contributed by atoms with Gasteiger partial charge in [-0.2, -0.15) is 0 Å². The first-order chi connectivity index (χ1) is 10.3. The molecule has 21 heavy (non-hydrogen) atoms. The van der Waals surface area contributed by atoms with E-state index in [4.69, 9.17) is 0 Å². The van der Waals surface area contributed by atoms with E-state index >= 15 is 0 Å². The molecule has 0 radical (unpaired) electrons. The molecular formula is C17H25N3O. The molecule has 2 fully saturated rings. The highest BCUT2D eigenvalue weighted by Gasteiger charge is 2.22. The molecule has 0 atom stereocenters. The Hall–Kier alpha value is -1.55. The molecule has 3 rings (SSSR count). The smallest absolute Gasteiger partial charge is 0.221 e. The zero-order valence-electron chi connectivity index (χ0n) is 12.6. The number of carbonyl (C=O) groups excluding carboxylic acids is 1. The van der Waals surface area contributed by atoms with E-state index in [0.29, 0.717) is 12.5 Å². The molecule has 0 aromatic heterocycles. The standard InChI is InChI=1S/C17H25N3O/c21-17(19-15-5-6-15)9-10-18-13-14-3-7-16(8-4-14)20-11-1-2-12-20/h3-4,7-8,15,18H,1-2,5-6,9-13H2,(H,19,21). The molecule has 1 aromatic carbocycles. The van der Waals surface area contributed by atoms with Crippen molar-refractivity contribution in [3.8, 4) is 0 Å². The highest BCUT2D eigenvalue weighted by Crippen LogP contribution is 2.20. The number of benzene rings is 1. The van der Waals surface area contributed by atoms with Crippen molar-refractivity contribution < 1.29 is 4.79 Å². The predicted molar refractivity (Wildman–Crippen MR) is 85.4 cm³/mol. The summed E-state index contributed by atoms with van der Waals surface area (Å²) in [6, 6.07) is 9.26. The summed E-state index contributed by atoms with van der Waals surface area (Å²) in [4.78, 5) is 14.0. The zero-order chi connectivity index (χ0) is 14.5. The zero-order valence-corrected chi connectivity index (χ0v) is 12.6. The summed E-state index contributed by atoms with van der Waals surface area (Å²) in [5.41, 5.74) is 2.61. The van der Waals surface area contributed by atoms with Gasteiger partial charge in [0, 0.05) is 44.3 Å². The van der Waals surface area contributed by atoms with E-state index in [9.17, 15) is 4.79 Å². The molecule has 114 valence electrons. The number of hydrogen-bond donors (Lipinski definition) is 2. The highest BCUT2D eigenvalue weighted by molar-refractivity contribution is 5.76. The van der Waals surface area contributed by atoms with Crippen LogP contribution in [0.5, 0.6) is 0 Å². The van der Waals surface area contributed by atoms with Gasteiger partial charge < -0.3 is 15.5 Å². The van der Waals surface area contributed by atoms with E-state index in [-0.39, 0.29) is 5.91 Å². The Morgan fingerprint density at radius 3 is 2.52 bits per heavy atom. The minimum absolute atomic E-state index is 0.175. The van der Waals surface area contributed by atoms with Crippen LogP contribution < -0.4 is 15.5 Å². The van der Waals surface area contributed by atoms with Gasteiger partial charge in [-0.1, -0.05) is 12.1 Å². The molecule has 4 nitrogen and oxygen atoms in total. The predicted octanol–water partition coefficient (Wildman–Crippen LogP) is 2.05. The maximum atomic E-state index is 11.5. The van der Waals surface area contributed by atoms with Gasteiger partial charge in [-0.15, -0.1) is 0 Å². The van der Waals surface area contributed by atoms with Crippen LogP contribution in [0.3, 0.4) is 0 Å². The van der Waals surface area contributed by atoms with E-state index < -0.39 is 0 Å². The van der Waals surface area contributed by atoms with Gasteiger partial charge >= 0.3 is 0 Å². The molecule has 1 aliphatic carbocycles. The van der Waals surface area contributed by atoms with Crippen LogP contribution in [0.2, 0.25) is 0 Å². The van der Waals surface area contributed by atoms with Gasteiger partial charge in [0.05, 0.1) is 0 Å². The second-order valence-electron chi connectivity index (χ2n) is 6.13. The molecule has 0 spiro atoms. The minimum Gasteiger partial charge on any atom is -0.372 e. The van der Waals surface area contributed by atoms with Crippen molar-refractivity contribution in [2.45, 2.75) is 44.7 Å². The average Bonchev–Trinajstić information content (AvgIpc) is 3.14. The van der Waals surface area contributed by atoms with Gasteiger partial charge in [-0.05, 0) is 43.4 Å². The maximum Gasteiger partial charge on any atom is 0.221 e. The van der Waals surface area contributed by atoms with Gasteiger partial charge in [0.15, 0.2) is 0 Å². The lowest BCUT2D eigenvalue weighted by Crippen LogP contribution is -2.29. The van der Waals surface area contributed by atoms with E-state index in [1.54, 1.807) is 0 Å². The van der Waals surface area contributed by atoms with Gasteiger partial charge in [-0.3, -0.25) is 4.79 Å². The molecule has 1 aromatic rings. The van der Waals surface area contributed by atoms with E-state index in [0.717, 1.165) is 25.9 Å². The fourth-order valence-electron chi connectivity index (χ4n) is 2.76. The molecule has 1 heterocycles. The van der Waals surface area contributed by atoms with Crippen LogP contribution in [0.1, 0.15) is 37.7 Å². The topological polar surface area (TPSA) is 44.4 Å². The van der Waals surface area contributed by atoms with E-state index in [1.807, 2.05) is 0 Å². The van der Waals surface area contributed by atoms with Crippen molar-refractivity contribution in [3.05, 3.63) is 29.8 Å². The Balaban J connectivity index is 1.35. The highest BCUT2D eigenvalue weighted by atomic mass is 16.1. The Bertz CT molecular complexity index is 461. The Morgan fingerprint density at radius 1 is 1.14 bits per heavy atom. The van der Waals surface area contributed by atoms with Gasteiger partial charge in [0.25, 0.3) is 0 Å². The van der Waals surface area contributed by atoms with Crippen molar-refractivity contribution in [1.29, 1.82) is 0 Å². The second-order valence-corrected chi connectivity index (χ2v) is 6.13. The molecule has 2 aliphatic rings. The van der Waals surface area contributed by atoms with Crippen LogP contribution in [-0.4, -0.2) is 31.6 Å². The first kappa shape index (κ1) is 14.4. The fourth-order valence-corrected chi connectivity index (χ4v) is 2.76. The first-order valence-corrected chi connectivity index (χ1v) is 8.15. The Labute approximate surface area is 126 Å². The van der Waals surface area contributed by atoms with E-state index in [1.165, 1.54) is 37.2 Å². The van der Waals surface area contributed by atoms with Crippen LogP contribution in [0.4, 0.5) is 5.69 Å². The summed E-state index contributed by atoms with van der Waals surface area (Å²) in [6.45, 7) is 3.95. The van der Waals surface area contributed by atoms with Crippen LogP contribution in [0.25, 0.3) is 0 Å². The summed E-state index contributed by atoms with van der Waals surface area (Å²) >= 11 is 0. The molecule has 1 amide bonds. The van der Waals surface area contributed by atoms with Crippen molar-refractivity contribution in [1.82, 2.24) is 10.6 Å². The van der Waals surface area contributed by atoms with Crippen molar-refractivity contribution in [3.63, 3.8) is 0 Å². The average molecular weight is 287 g/mol. The summed E-state index contributed by atoms with van der Waals surface area (Å²) < 4.78 is 0. The van der Waals surface area contributed by atoms with Crippen molar-refractivity contribution in [2.24, 2.45) is 0 Å². The fraction of sp³-hybridized carbons (Fsp3) is 0.588. The van der Waals surface area contributed by atoms with Gasteiger partial charge in [0.2, 0.25) is 5.91 Å². The SMILES string of the molecule is O=C(CCNCc1ccc(N2CCCC2)cc1)NC1CC1. The van der Waals surface area contributed by atoms with Crippen LogP contribution >= 0.6 is 0 Å². The number of rotatable bonds is 7. The first-order valence-electron chi connectivity index (χ1n) is 8.15. The Morgan fingerprint density at radius 2 is 1.86 bits per heavy atom. The summed E-state index contributed by atoms with van der Waals surface area (Å²) in [5, 5.41) is 6.35. The summed E-state index contributed by atoms with van der Waals surface area (Å²) in [5.74, 6) is 0.175. The lowest BCUT2D eigenvalue weighted by Gasteiger charge is -2.17. The van der Waals surface area contributed by atoms with Crippen LogP contribution in [0, 0.1) is 0 Å². The van der Waals surface area contributed by atoms with Crippen molar-refractivity contribution in [2.75, 3.05) is 24.5 Å². The largest absolute Gasteiger partial charge is 0.372 e. The summed E-state index contributed by atoms with van der Waals surface area (Å²) in [7, 11) is 0. The van der Waals surface area contributed by atoms with Gasteiger partial charge in [0.1, 0.15) is 0 Å². The number of amides is 1. The lowest BCUT2D eigenvalue weighted by molar-refractivity contribution is -0.121. The second kappa shape index (κ2) is 6.94. The number of carbonyl (C=O) groups is 1. The monoisotopic (exact) mass is 287 g/mol. The maximum absolute atomic E-state index is 11.5. The van der Waals surface area contributed by atoms with Crippen molar-refractivity contribution >= 4 is 11.6 Å². The minimum atomic E-state index is 0.175. The van der Waals surface area contributed by atoms with Crippen LogP contribution in [-0.2, 0) is 11.3 Å². The normalized spacial score (nSPS) is 18.0. The molecular weight excluding hydrogens is 262 g/mol. The molecule has 1 saturated heterocycles. The summed E-state index contributed by atoms with van der Waals surface area (Å²) in [6.07, 6.45) is 5.51. The number of nitrogens with zero attached hydrogens (tertiary/aromatic N) is 1. The third-order valence-corrected chi connectivity index (χ3v) is 4.21. The molecule has 0 unspecified atom stereocenters. The molecule has 1 aliphatic heterocycles. The number of hydrogen-bond acceptors (Lipinski definition) is 3. The lowest BCUT2D eigenvalue weighted by atomic mass is 10.2. The van der Waals surface area contributed by atoms with Crippen LogP contribution in [0.15, 0.2) is 24.3 Å². The number of anilines is 1. The third-order valence-electron chi connectivity index (χ3n) is 4.21. The van der Waals surface area contributed by atoms with Gasteiger partial charge in [-0.25, -0.2) is 0 Å².